The molecule has 2 N–H and O–H groups in total. The zero-order valence-corrected chi connectivity index (χ0v) is 11.8. The first-order valence-electron chi connectivity index (χ1n) is 6.82. The Morgan fingerprint density at radius 3 is 2.78 bits per heavy atom. The molecule has 4 heteroatoms. The molecule has 0 radical (unpaired) electrons. The number of nitrogens with zero attached hydrogens (tertiary/aromatic N) is 2. The van der Waals surface area contributed by atoms with Gasteiger partial charge in [0.05, 0.1) is 10.7 Å². The summed E-state index contributed by atoms with van der Waals surface area (Å²) in [6, 6.07) is 3.59. The predicted octanol–water partition coefficient (Wildman–Crippen LogP) is 3.33. The largest absolute Gasteiger partial charge is 0.384 e. The lowest BCUT2D eigenvalue weighted by atomic mass is 9.92. The molecule has 2 heterocycles. The number of anilines is 1. The van der Waals surface area contributed by atoms with Gasteiger partial charge in [-0.2, -0.15) is 0 Å². The van der Waals surface area contributed by atoms with Gasteiger partial charge in [-0.3, -0.25) is 4.90 Å². The molecular weight excluding hydrogens is 246 g/mol. The van der Waals surface area contributed by atoms with Gasteiger partial charge in [0.2, 0.25) is 0 Å². The van der Waals surface area contributed by atoms with Crippen molar-refractivity contribution in [3.63, 3.8) is 0 Å². The van der Waals surface area contributed by atoms with E-state index in [1.165, 1.54) is 25.7 Å². The predicted molar refractivity (Wildman–Crippen MR) is 76.6 cm³/mol. The summed E-state index contributed by atoms with van der Waals surface area (Å²) in [7, 11) is 0. The monoisotopic (exact) mass is 267 g/mol. The highest BCUT2D eigenvalue weighted by Gasteiger charge is 2.19. The van der Waals surface area contributed by atoms with E-state index in [1.54, 1.807) is 6.07 Å². The first-order chi connectivity index (χ1) is 8.69. The molecule has 0 atom stereocenters. The fraction of sp³-hybridized carbons (Fsp3) is 0.643. The van der Waals surface area contributed by atoms with Gasteiger partial charge in [-0.1, -0.05) is 31.4 Å². The Morgan fingerprint density at radius 2 is 2.11 bits per heavy atom. The molecule has 1 fully saturated rings. The molecule has 3 nitrogen and oxygen atoms in total. The van der Waals surface area contributed by atoms with Crippen molar-refractivity contribution < 1.29 is 0 Å². The number of pyridine rings is 1. The Balaban J connectivity index is 1.89. The van der Waals surface area contributed by atoms with Crippen LogP contribution in [0, 0.1) is 5.92 Å². The van der Waals surface area contributed by atoms with Gasteiger partial charge in [0.25, 0.3) is 0 Å². The summed E-state index contributed by atoms with van der Waals surface area (Å²) in [5, 5.41) is 0.722. The quantitative estimate of drug-likeness (QED) is 0.910. The maximum absolute atomic E-state index is 6.15. The summed E-state index contributed by atoms with van der Waals surface area (Å²) in [6.45, 7) is 5.39. The fourth-order valence-corrected chi connectivity index (χ4v) is 2.83. The van der Waals surface area contributed by atoms with Crippen LogP contribution < -0.4 is 5.73 Å². The highest BCUT2D eigenvalue weighted by molar-refractivity contribution is 6.31. The molecule has 0 aliphatic carbocycles. The number of hydrogen-bond acceptors (Lipinski definition) is 3. The van der Waals surface area contributed by atoms with E-state index >= 15 is 0 Å². The molecule has 1 aliphatic rings. The number of piperidine rings is 1. The Bertz CT molecular complexity index is 387. The minimum atomic E-state index is 0.551. The van der Waals surface area contributed by atoms with Gasteiger partial charge in [0.15, 0.2) is 0 Å². The van der Waals surface area contributed by atoms with Crippen LogP contribution in [0.3, 0.4) is 0 Å². The highest BCUT2D eigenvalue weighted by atomic mass is 35.5. The van der Waals surface area contributed by atoms with Gasteiger partial charge in [-0.05, 0) is 44.0 Å². The van der Waals surface area contributed by atoms with Gasteiger partial charge in [-0.15, -0.1) is 0 Å². The lowest BCUT2D eigenvalue weighted by Crippen LogP contribution is -2.33. The van der Waals surface area contributed by atoms with Crippen molar-refractivity contribution in [3.05, 3.63) is 22.8 Å². The van der Waals surface area contributed by atoms with Gasteiger partial charge in [0, 0.05) is 6.54 Å². The number of rotatable bonds is 4. The number of likely N-dealkylation sites (tertiary alicyclic amines) is 1. The Hall–Kier alpha value is -0.800. The first kappa shape index (κ1) is 13.6. The van der Waals surface area contributed by atoms with Crippen LogP contribution in [-0.4, -0.2) is 23.0 Å². The molecule has 2 rings (SSSR count). The van der Waals surface area contributed by atoms with Crippen LogP contribution in [0.1, 0.15) is 38.3 Å². The van der Waals surface area contributed by atoms with E-state index < -0.39 is 0 Å². The minimum absolute atomic E-state index is 0.551. The van der Waals surface area contributed by atoms with Gasteiger partial charge in [-0.25, -0.2) is 4.98 Å². The molecule has 1 saturated heterocycles. The molecule has 0 bridgehead atoms. The lowest BCUT2D eigenvalue weighted by molar-refractivity contribution is 0.170. The molecule has 0 saturated carbocycles. The second-order valence-electron chi connectivity index (χ2n) is 5.17. The zero-order valence-electron chi connectivity index (χ0n) is 11.0. The molecule has 0 spiro atoms. The van der Waals surface area contributed by atoms with E-state index in [2.05, 4.69) is 16.8 Å². The van der Waals surface area contributed by atoms with Gasteiger partial charge >= 0.3 is 0 Å². The molecule has 1 aliphatic heterocycles. The summed E-state index contributed by atoms with van der Waals surface area (Å²) in [5.74, 6) is 1.46. The van der Waals surface area contributed by atoms with Crippen molar-refractivity contribution in [3.8, 4) is 0 Å². The van der Waals surface area contributed by atoms with Gasteiger partial charge < -0.3 is 5.73 Å². The van der Waals surface area contributed by atoms with E-state index in [0.29, 0.717) is 5.82 Å². The van der Waals surface area contributed by atoms with Crippen molar-refractivity contribution >= 4 is 17.4 Å². The summed E-state index contributed by atoms with van der Waals surface area (Å²) in [5.41, 5.74) is 6.61. The molecule has 100 valence electrons. The molecule has 1 aromatic rings. The van der Waals surface area contributed by atoms with Crippen LogP contribution in [0.2, 0.25) is 5.02 Å². The van der Waals surface area contributed by atoms with Crippen LogP contribution in [0.15, 0.2) is 12.1 Å². The summed E-state index contributed by atoms with van der Waals surface area (Å²) in [4.78, 5) is 6.76. The van der Waals surface area contributed by atoms with Crippen LogP contribution in [-0.2, 0) is 6.54 Å². The fourth-order valence-electron chi connectivity index (χ4n) is 2.67. The third-order valence-corrected chi connectivity index (χ3v) is 4.06. The molecule has 1 aromatic heterocycles. The first-order valence-corrected chi connectivity index (χ1v) is 7.20. The van der Waals surface area contributed by atoms with Crippen molar-refractivity contribution in [1.82, 2.24) is 9.88 Å². The van der Waals surface area contributed by atoms with Crippen molar-refractivity contribution in [2.45, 2.75) is 39.2 Å². The molecule has 18 heavy (non-hydrogen) atoms. The number of halogens is 1. The van der Waals surface area contributed by atoms with Crippen LogP contribution in [0.4, 0.5) is 5.82 Å². The number of hydrogen-bond donors (Lipinski definition) is 1. The number of nitrogens with two attached hydrogens (primary N) is 1. The maximum atomic E-state index is 6.15. The molecule has 0 amide bonds. The van der Waals surface area contributed by atoms with Crippen molar-refractivity contribution in [1.29, 1.82) is 0 Å². The van der Waals surface area contributed by atoms with Crippen molar-refractivity contribution in [2.24, 2.45) is 5.92 Å². The molecular formula is C14H22ClN3. The van der Waals surface area contributed by atoms with E-state index in [9.17, 15) is 0 Å². The second kappa shape index (κ2) is 6.39. The van der Waals surface area contributed by atoms with E-state index in [-0.39, 0.29) is 0 Å². The number of aromatic nitrogens is 1. The maximum Gasteiger partial charge on any atom is 0.123 e. The Morgan fingerprint density at radius 1 is 1.39 bits per heavy atom. The summed E-state index contributed by atoms with van der Waals surface area (Å²) >= 11 is 6.15. The van der Waals surface area contributed by atoms with E-state index in [4.69, 9.17) is 17.3 Å². The topological polar surface area (TPSA) is 42.2 Å². The summed E-state index contributed by atoms with van der Waals surface area (Å²) in [6.07, 6.45) is 5.26. The third-order valence-electron chi connectivity index (χ3n) is 3.72. The van der Waals surface area contributed by atoms with E-state index in [0.717, 1.165) is 36.3 Å². The number of nitrogen functional groups attached to an aromatic ring is 1. The molecule has 0 aromatic carbocycles. The zero-order chi connectivity index (χ0) is 13.0. The third kappa shape index (κ3) is 3.59. The second-order valence-corrected chi connectivity index (χ2v) is 5.58. The average Bonchev–Trinajstić information content (AvgIpc) is 2.37. The van der Waals surface area contributed by atoms with Crippen LogP contribution >= 0.6 is 11.6 Å². The average molecular weight is 268 g/mol. The van der Waals surface area contributed by atoms with Gasteiger partial charge in [0.1, 0.15) is 5.82 Å². The normalized spacial score (nSPS) is 18.1. The SMILES string of the molecule is CCCC1CCN(Cc2nc(N)ccc2Cl)CC1. The highest BCUT2D eigenvalue weighted by Crippen LogP contribution is 2.24. The standard InChI is InChI=1S/C14H22ClN3/c1-2-3-11-6-8-18(9-7-11)10-13-12(15)4-5-14(16)17-13/h4-5,11H,2-3,6-10H2,1H3,(H2,16,17). The smallest absolute Gasteiger partial charge is 0.123 e. The van der Waals surface area contributed by atoms with Crippen LogP contribution in [0.25, 0.3) is 0 Å². The lowest BCUT2D eigenvalue weighted by Gasteiger charge is -2.31. The Labute approximate surface area is 114 Å². The minimum Gasteiger partial charge on any atom is -0.384 e. The van der Waals surface area contributed by atoms with Crippen LogP contribution in [0.5, 0.6) is 0 Å². The summed E-state index contributed by atoms with van der Waals surface area (Å²) < 4.78 is 0. The molecule has 0 unspecified atom stereocenters. The van der Waals surface area contributed by atoms with E-state index in [1.807, 2.05) is 6.07 Å². The Kier molecular flexibility index (Phi) is 4.84. The van der Waals surface area contributed by atoms with Crippen molar-refractivity contribution in [2.75, 3.05) is 18.8 Å².